The molecule has 3 aromatic carbocycles. The number of ether oxygens (including phenoxy) is 1. The summed E-state index contributed by atoms with van der Waals surface area (Å²) >= 11 is 0. The first-order valence-electron chi connectivity index (χ1n) is 11.6. The number of imidazole rings is 1. The van der Waals surface area contributed by atoms with Gasteiger partial charge in [-0.15, -0.1) is 0 Å². The summed E-state index contributed by atoms with van der Waals surface area (Å²) in [4.78, 5) is 32.5. The number of carbonyl (C=O) groups excluding carboxylic acids is 1. The number of halogens is 1. The molecule has 0 bridgehead atoms. The van der Waals surface area contributed by atoms with E-state index < -0.39 is 32.6 Å². The number of aromatic nitrogens is 2. The van der Waals surface area contributed by atoms with Crippen LogP contribution in [0.15, 0.2) is 53.4 Å². The topological polar surface area (TPSA) is 142 Å². The highest BCUT2D eigenvalue weighted by Gasteiger charge is 2.26. The van der Waals surface area contributed by atoms with Gasteiger partial charge in [0.1, 0.15) is 23.1 Å². The van der Waals surface area contributed by atoms with Gasteiger partial charge >= 0.3 is 6.09 Å². The van der Waals surface area contributed by atoms with Crippen LogP contribution in [0.1, 0.15) is 21.5 Å². The molecule has 4 aromatic rings. The Morgan fingerprint density at radius 2 is 1.87 bits per heavy atom. The molecule has 0 aliphatic carbocycles. The molecule has 2 amide bonds. The molecular weight excluding hydrogens is 515 g/mol. The zero-order chi connectivity index (χ0) is 27.2. The second-order valence-electron chi connectivity index (χ2n) is 8.97. The number of carboxylic acid groups (broad SMARTS) is 1. The number of sulfone groups is 1. The molecule has 0 radical (unpaired) electrons. The summed E-state index contributed by atoms with van der Waals surface area (Å²) in [6, 6.07) is 13.5. The van der Waals surface area contributed by atoms with E-state index in [1.165, 1.54) is 13.0 Å². The second kappa shape index (κ2) is 9.45. The number of nitrogens with zero attached hydrogens (tertiary/aromatic N) is 2. The van der Waals surface area contributed by atoms with Crippen molar-refractivity contribution in [3.05, 3.63) is 71.0 Å². The number of benzene rings is 3. The van der Waals surface area contributed by atoms with E-state index in [4.69, 9.17) is 9.84 Å². The van der Waals surface area contributed by atoms with Gasteiger partial charge in [0.15, 0.2) is 9.84 Å². The molecule has 196 valence electrons. The average molecular weight is 539 g/mol. The second-order valence-corrected chi connectivity index (χ2v) is 11.0. The maximum absolute atomic E-state index is 14.8. The molecule has 1 aliphatic rings. The third-order valence-electron chi connectivity index (χ3n) is 6.35. The van der Waals surface area contributed by atoms with Crippen molar-refractivity contribution in [3.8, 4) is 16.9 Å². The number of aromatic amines is 1. The molecule has 2 heterocycles. The van der Waals surface area contributed by atoms with Crippen LogP contribution < -0.4 is 10.1 Å². The van der Waals surface area contributed by atoms with Gasteiger partial charge < -0.3 is 19.7 Å². The standard InChI is InChI=1S/C26H23FN4O6S/c1-14-18(5-8-22(23(14)27)38(2,35)36)24(32)31-9-10-37-21-7-4-15(11-17(21)13-31)16-3-6-19-20(12-16)29-25(28-19)30-26(33)34/h3-8,11-12H,9-10,13H2,1-2H3,(H,33,34)(H2,28,29,30). The van der Waals surface area contributed by atoms with Crippen LogP contribution in [0.2, 0.25) is 0 Å². The highest BCUT2D eigenvalue weighted by molar-refractivity contribution is 7.90. The van der Waals surface area contributed by atoms with Crippen molar-refractivity contribution >= 4 is 38.8 Å². The zero-order valence-corrected chi connectivity index (χ0v) is 21.2. The van der Waals surface area contributed by atoms with Crippen LogP contribution in [-0.2, 0) is 16.4 Å². The van der Waals surface area contributed by atoms with Gasteiger partial charge in [-0.3, -0.25) is 10.1 Å². The molecule has 0 spiro atoms. The molecule has 1 aliphatic heterocycles. The minimum atomic E-state index is -3.77. The molecule has 12 heteroatoms. The molecule has 0 fully saturated rings. The number of fused-ring (bicyclic) bond motifs is 2. The maximum atomic E-state index is 14.8. The van der Waals surface area contributed by atoms with E-state index in [1.807, 2.05) is 30.3 Å². The minimum Gasteiger partial charge on any atom is -0.491 e. The van der Waals surface area contributed by atoms with E-state index in [2.05, 4.69) is 15.3 Å². The molecule has 0 atom stereocenters. The molecule has 0 saturated carbocycles. The fourth-order valence-electron chi connectivity index (χ4n) is 4.45. The highest BCUT2D eigenvalue weighted by atomic mass is 32.2. The molecular formula is C26H23FN4O6S. The lowest BCUT2D eigenvalue weighted by molar-refractivity contribution is 0.0731. The van der Waals surface area contributed by atoms with E-state index in [0.29, 0.717) is 16.8 Å². The van der Waals surface area contributed by atoms with Crippen LogP contribution in [0.4, 0.5) is 15.1 Å². The van der Waals surface area contributed by atoms with Gasteiger partial charge in [-0.2, -0.15) is 0 Å². The van der Waals surface area contributed by atoms with Crippen molar-refractivity contribution in [1.82, 2.24) is 14.9 Å². The van der Waals surface area contributed by atoms with Gasteiger partial charge in [-0.25, -0.2) is 22.6 Å². The van der Waals surface area contributed by atoms with Crippen LogP contribution in [0.25, 0.3) is 22.2 Å². The number of carbonyl (C=O) groups is 2. The van der Waals surface area contributed by atoms with Gasteiger partial charge in [-0.1, -0.05) is 12.1 Å². The Kier molecular flexibility index (Phi) is 6.27. The van der Waals surface area contributed by atoms with Crippen molar-refractivity contribution in [1.29, 1.82) is 0 Å². The van der Waals surface area contributed by atoms with Gasteiger partial charge in [0.2, 0.25) is 5.95 Å². The van der Waals surface area contributed by atoms with Gasteiger partial charge in [0.05, 0.1) is 17.6 Å². The van der Waals surface area contributed by atoms with Crippen molar-refractivity contribution in [2.75, 3.05) is 24.7 Å². The first-order valence-corrected chi connectivity index (χ1v) is 13.4. The molecule has 0 unspecified atom stereocenters. The lowest BCUT2D eigenvalue weighted by Crippen LogP contribution is -2.33. The Morgan fingerprint density at radius 3 is 2.61 bits per heavy atom. The third-order valence-corrected chi connectivity index (χ3v) is 7.46. The van der Waals surface area contributed by atoms with Crippen LogP contribution in [0.3, 0.4) is 0 Å². The van der Waals surface area contributed by atoms with Crippen molar-refractivity contribution < 1.29 is 32.2 Å². The van der Waals surface area contributed by atoms with Crippen molar-refractivity contribution in [2.45, 2.75) is 18.4 Å². The molecule has 1 aromatic heterocycles. The van der Waals surface area contributed by atoms with E-state index in [9.17, 15) is 22.4 Å². The molecule has 0 saturated heterocycles. The quantitative estimate of drug-likeness (QED) is 0.353. The molecule has 38 heavy (non-hydrogen) atoms. The van der Waals surface area contributed by atoms with Crippen LogP contribution in [-0.4, -0.2) is 59.8 Å². The predicted molar refractivity (Wildman–Crippen MR) is 138 cm³/mol. The fourth-order valence-corrected chi connectivity index (χ4v) is 5.24. The number of H-pyrrole nitrogens is 1. The van der Waals surface area contributed by atoms with Gasteiger partial charge in [-0.05, 0) is 60.0 Å². The summed E-state index contributed by atoms with van der Waals surface area (Å²) in [7, 11) is -3.77. The van der Waals surface area contributed by atoms with Crippen LogP contribution >= 0.6 is 0 Å². The van der Waals surface area contributed by atoms with E-state index >= 15 is 0 Å². The number of hydrogen-bond acceptors (Lipinski definition) is 6. The highest BCUT2D eigenvalue weighted by Crippen LogP contribution is 2.32. The number of hydrogen-bond donors (Lipinski definition) is 3. The summed E-state index contributed by atoms with van der Waals surface area (Å²) in [6.45, 7) is 2.09. The lowest BCUT2D eigenvalue weighted by Gasteiger charge is -2.21. The van der Waals surface area contributed by atoms with Gasteiger partial charge in [0, 0.05) is 23.9 Å². The first-order chi connectivity index (χ1) is 18.0. The molecule has 5 rings (SSSR count). The Bertz CT molecular complexity index is 1720. The Balaban J connectivity index is 1.44. The minimum absolute atomic E-state index is 0.0262. The van der Waals surface area contributed by atoms with Crippen molar-refractivity contribution in [3.63, 3.8) is 0 Å². The fraction of sp³-hybridized carbons (Fsp3) is 0.192. The smallest absolute Gasteiger partial charge is 0.411 e. The summed E-state index contributed by atoms with van der Waals surface area (Å²) in [6.07, 6.45) is -0.304. The SMILES string of the molecule is Cc1c(C(=O)N2CCOc3ccc(-c4ccc5nc(NC(=O)O)[nH]c5c4)cc3C2)ccc(S(C)(=O)=O)c1F. The predicted octanol–water partition coefficient (Wildman–Crippen LogP) is 4.21. The largest absolute Gasteiger partial charge is 0.491 e. The summed E-state index contributed by atoms with van der Waals surface area (Å²) in [5.74, 6) is -0.621. The summed E-state index contributed by atoms with van der Waals surface area (Å²) < 4.78 is 44.4. The molecule has 10 nitrogen and oxygen atoms in total. The Morgan fingerprint density at radius 1 is 1.13 bits per heavy atom. The Labute approximate surface area is 217 Å². The molecule has 3 N–H and O–H groups in total. The van der Waals surface area contributed by atoms with E-state index in [-0.39, 0.29) is 36.8 Å². The summed E-state index contributed by atoms with van der Waals surface area (Å²) in [5.41, 5.74) is 3.72. The van der Waals surface area contributed by atoms with Crippen LogP contribution in [0.5, 0.6) is 5.75 Å². The third kappa shape index (κ3) is 4.77. The normalized spacial score (nSPS) is 13.5. The van der Waals surface area contributed by atoms with E-state index in [0.717, 1.165) is 29.0 Å². The first kappa shape index (κ1) is 25.2. The van der Waals surface area contributed by atoms with Gasteiger partial charge in [0.25, 0.3) is 5.91 Å². The van der Waals surface area contributed by atoms with Crippen LogP contribution in [0, 0.1) is 12.7 Å². The lowest BCUT2D eigenvalue weighted by atomic mass is 10.0. The maximum Gasteiger partial charge on any atom is 0.411 e. The number of anilines is 1. The average Bonchev–Trinajstić information content (AvgIpc) is 3.12. The Hall–Kier alpha value is -4.45. The van der Waals surface area contributed by atoms with E-state index in [1.54, 1.807) is 11.0 Å². The number of nitrogens with one attached hydrogen (secondary N) is 2. The zero-order valence-electron chi connectivity index (χ0n) is 20.4. The van der Waals surface area contributed by atoms with Crippen molar-refractivity contribution in [2.24, 2.45) is 0 Å². The monoisotopic (exact) mass is 538 g/mol. The number of rotatable bonds is 4. The summed E-state index contributed by atoms with van der Waals surface area (Å²) in [5, 5.41) is 11.1. The number of amides is 2.